The normalized spacial score (nSPS) is 17.2. The molecule has 12 heteroatoms. The third kappa shape index (κ3) is 5.64. The van der Waals surface area contributed by atoms with Crippen molar-refractivity contribution in [1.82, 2.24) is 15.2 Å². The summed E-state index contributed by atoms with van der Waals surface area (Å²) < 4.78 is 19.6. The van der Waals surface area contributed by atoms with E-state index in [1.807, 2.05) is 0 Å². The maximum atomic E-state index is 14.2. The van der Waals surface area contributed by atoms with Crippen LogP contribution in [0, 0.1) is 11.2 Å². The number of hydrogen-bond donors (Lipinski definition) is 4. The molecule has 0 saturated carbocycles. The predicted molar refractivity (Wildman–Crippen MR) is 127 cm³/mol. The summed E-state index contributed by atoms with van der Waals surface area (Å²) in [6.45, 7) is 3.58. The Labute approximate surface area is 205 Å². The number of benzene rings is 1. The standard InChI is InChI=1S/C23H24ClFN6O4/c1-12-11-31(17(32)10-29-16-6-7-28-9-14(16)19(26)22(27)33)20(21(12)35-2)23(34)30-8-13-4-3-5-15(24)18(13)25/h3-7,9,20-21,26H,1,8,10-11H2,2H3,(H2,27,33)(H,28,29)(H,30,34)/t20-,21+/m0/s1. The first kappa shape index (κ1) is 25.8. The Kier molecular flexibility index (Phi) is 8.15. The number of halogens is 2. The lowest BCUT2D eigenvalue weighted by atomic mass is 10.1. The molecule has 0 unspecified atom stereocenters. The van der Waals surface area contributed by atoms with Crippen LogP contribution in [0.25, 0.3) is 0 Å². The van der Waals surface area contributed by atoms with Gasteiger partial charge in [0.25, 0.3) is 5.91 Å². The Morgan fingerprint density at radius 3 is 2.80 bits per heavy atom. The van der Waals surface area contributed by atoms with Crippen LogP contribution in [-0.4, -0.2) is 65.7 Å². The van der Waals surface area contributed by atoms with Crippen molar-refractivity contribution in [2.24, 2.45) is 5.73 Å². The number of nitrogens with one attached hydrogen (secondary N) is 3. The highest BCUT2D eigenvalue weighted by atomic mass is 35.5. The van der Waals surface area contributed by atoms with E-state index in [0.29, 0.717) is 11.3 Å². The molecule has 0 bridgehead atoms. The van der Waals surface area contributed by atoms with E-state index in [2.05, 4.69) is 22.2 Å². The van der Waals surface area contributed by atoms with E-state index in [-0.39, 0.29) is 35.8 Å². The Balaban J connectivity index is 1.74. The molecule has 184 valence electrons. The van der Waals surface area contributed by atoms with Crippen LogP contribution in [0.5, 0.6) is 0 Å². The average Bonchev–Trinajstić information content (AvgIpc) is 3.19. The number of hydrogen-bond acceptors (Lipinski definition) is 7. The molecule has 10 nitrogen and oxygen atoms in total. The first-order chi connectivity index (χ1) is 16.6. The number of carbonyl (C=O) groups is 3. The summed E-state index contributed by atoms with van der Waals surface area (Å²) in [5, 5.41) is 13.2. The van der Waals surface area contributed by atoms with E-state index in [0.717, 1.165) is 0 Å². The first-order valence-electron chi connectivity index (χ1n) is 10.4. The quantitative estimate of drug-likeness (QED) is 0.299. The summed E-state index contributed by atoms with van der Waals surface area (Å²) >= 11 is 5.80. The Morgan fingerprint density at radius 1 is 1.37 bits per heavy atom. The van der Waals surface area contributed by atoms with E-state index in [1.165, 1.54) is 42.6 Å². The zero-order valence-electron chi connectivity index (χ0n) is 18.8. The van der Waals surface area contributed by atoms with Crippen LogP contribution in [0.3, 0.4) is 0 Å². The molecule has 1 aliphatic heterocycles. The van der Waals surface area contributed by atoms with Gasteiger partial charge in [0.15, 0.2) is 0 Å². The number of rotatable bonds is 9. The molecule has 2 aromatic rings. The molecule has 35 heavy (non-hydrogen) atoms. The number of pyridine rings is 1. The predicted octanol–water partition coefficient (Wildman–Crippen LogP) is 1.24. The summed E-state index contributed by atoms with van der Waals surface area (Å²) in [6, 6.07) is 4.91. The summed E-state index contributed by atoms with van der Waals surface area (Å²) in [5.74, 6) is -2.60. The van der Waals surface area contributed by atoms with Gasteiger partial charge in [0.2, 0.25) is 11.8 Å². The highest BCUT2D eigenvalue weighted by Gasteiger charge is 2.44. The second-order valence-electron chi connectivity index (χ2n) is 7.73. The SMILES string of the molecule is C=C1CN(C(=O)CNc2ccncc2C(=N)C(N)=O)[C@H](C(=O)NCc2cccc(Cl)c2F)[C@@H]1OC. The monoisotopic (exact) mass is 502 g/mol. The molecule has 0 spiro atoms. The van der Waals surface area contributed by atoms with Gasteiger partial charge in [0.1, 0.15) is 23.7 Å². The summed E-state index contributed by atoms with van der Waals surface area (Å²) in [7, 11) is 1.40. The van der Waals surface area contributed by atoms with E-state index in [9.17, 15) is 18.8 Å². The van der Waals surface area contributed by atoms with Gasteiger partial charge in [-0.25, -0.2) is 4.39 Å². The molecule has 1 aromatic carbocycles. The van der Waals surface area contributed by atoms with Crippen molar-refractivity contribution in [2.75, 3.05) is 25.5 Å². The molecule has 1 aliphatic rings. The topological polar surface area (TPSA) is 150 Å². The fraction of sp³-hybridized carbons (Fsp3) is 0.261. The van der Waals surface area contributed by atoms with Crippen LogP contribution >= 0.6 is 11.6 Å². The number of nitrogens with two attached hydrogens (primary N) is 1. The van der Waals surface area contributed by atoms with Crippen molar-refractivity contribution in [2.45, 2.75) is 18.7 Å². The molecule has 0 aliphatic carbocycles. The largest absolute Gasteiger partial charge is 0.376 e. The van der Waals surface area contributed by atoms with E-state index in [4.69, 9.17) is 27.5 Å². The number of likely N-dealkylation sites (tertiary alicyclic amines) is 1. The van der Waals surface area contributed by atoms with Crippen LogP contribution in [0.2, 0.25) is 5.02 Å². The second kappa shape index (κ2) is 11.1. The third-order valence-electron chi connectivity index (χ3n) is 5.49. The van der Waals surface area contributed by atoms with Crippen molar-refractivity contribution in [3.05, 3.63) is 70.8 Å². The van der Waals surface area contributed by atoms with Gasteiger partial charge in [-0.1, -0.05) is 30.3 Å². The second-order valence-corrected chi connectivity index (χ2v) is 8.13. The van der Waals surface area contributed by atoms with Crippen molar-refractivity contribution >= 4 is 40.7 Å². The van der Waals surface area contributed by atoms with Crippen molar-refractivity contribution in [3.8, 4) is 0 Å². The summed E-state index contributed by atoms with van der Waals surface area (Å²) in [6.07, 6.45) is 1.95. The fourth-order valence-corrected chi connectivity index (χ4v) is 3.93. The highest BCUT2D eigenvalue weighted by Crippen LogP contribution is 2.26. The Bertz CT molecular complexity index is 1190. The molecule has 3 amide bonds. The fourth-order valence-electron chi connectivity index (χ4n) is 3.74. The van der Waals surface area contributed by atoms with Crippen LogP contribution < -0.4 is 16.4 Å². The van der Waals surface area contributed by atoms with E-state index < -0.39 is 41.4 Å². The molecule has 3 rings (SSSR count). The van der Waals surface area contributed by atoms with Crippen molar-refractivity contribution in [3.63, 3.8) is 0 Å². The smallest absolute Gasteiger partial charge is 0.267 e. The molecule has 1 aromatic heterocycles. The molecule has 1 fully saturated rings. The van der Waals surface area contributed by atoms with E-state index >= 15 is 0 Å². The summed E-state index contributed by atoms with van der Waals surface area (Å²) in [4.78, 5) is 42.7. The number of ether oxygens (including phenoxy) is 1. The number of aromatic nitrogens is 1. The molecule has 2 heterocycles. The van der Waals surface area contributed by atoms with Gasteiger partial charge in [-0.15, -0.1) is 0 Å². The van der Waals surface area contributed by atoms with Gasteiger partial charge in [-0.3, -0.25) is 24.8 Å². The maximum absolute atomic E-state index is 14.2. The highest BCUT2D eigenvalue weighted by molar-refractivity contribution is 6.44. The van der Waals surface area contributed by atoms with Crippen LogP contribution in [-0.2, 0) is 25.7 Å². The molecule has 0 radical (unpaired) electrons. The van der Waals surface area contributed by atoms with Crippen LogP contribution in [0.15, 0.2) is 48.8 Å². The van der Waals surface area contributed by atoms with Gasteiger partial charge in [-0.05, 0) is 17.7 Å². The van der Waals surface area contributed by atoms with Gasteiger partial charge in [0.05, 0.1) is 11.6 Å². The molecule has 2 atom stereocenters. The molecule has 5 N–H and O–H groups in total. The third-order valence-corrected chi connectivity index (χ3v) is 5.78. The zero-order chi connectivity index (χ0) is 25.7. The van der Waals surface area contributed by atoms with Crippen LogP contribution in [0.1, 0.15) is 11.1 Å². The van der Waals surface area contributed by atoms with Crippen molar-refractivity contribution < 1.29 is 23.5 Å². The minimum absolute atomic E-state index is 0.0662. The van der Waals surface area contributed by atoms with Gasteiger partial charge in [-0.2, -0.15) is 0 Å². The number of carbonyl (C=O) groups excluding carboxylic acids is 3. The Hall–Kier alpha value is -3.83. The van der Waals surface area contributed by atoms with Crippen molar-refractivity contribution in [1.29, 1.82) is 5.41 Å². The molecular weight excluding hydrogens is 479 g/mol. The number of methoxy groups -OCH3 is 1. The minimum atomic E-state index is -1.04. The summed E-state index contributed by atoms with van der Waals surface area (Å²) in [5.41, 5.74) is 5.87. The average molecular weight is 503 g/mol. The number of anilines is 1. The van der Waals surface area contributed by atoms with Gasteiger partial charge >= 0.3 is 0 Å². The first-order valence-corrected chi connectivity index (χ1v) is 10.8. The lowest BCUT2D eigenvalue weighted by molar-refractivity contribution is -0.139. The number of nitrogens with zero attached hydrogens (tertiary/aromatic N) is 2. The lowest BCUT2D eigenvalue weighted by Crippen LogP contribution is -2.51. The Morgan fingerprint density at radius 2 is 2.11 bits per heavy atom. The maximum Gasteiger partial charge on any atom is 0.267 e. The number of amides is 3. The van der Waals surface area contributed by atoms with E-state index in [1.54, 1.807) is 6.07 Å². The number of primary amides is 1. The van der Waals surface area contributed by atoms with Gasteiger partial charge in [0, 0.05) is 49.4 Å². The van der Waals surface area contributed by atoms with Gasteiger partial charge < -0.3 is 26.0 Å². The van der Waals surface area contributed by atoms with Crippen LogP contribution in [0.4, 0.5) is 10.1 Å². The minimum Gasteiger partial charge on any atom is -0.376 e. The molecular formula is C23H24ClFN6O4. The molecule has 1 saturated heterocycles. The zero-order valence-corrected chi connectivity index (χ0v) is 19.6. The lowest BCUT2D eigenvalue weighted by Gasteiger charge is -2.26.